The van der Waals surface area contributed by atoms with Crippen molar-refractivity contribution in [2.75, 3.05) is 18.9 Å². The van der Waals surface area contributed by atoms with Crippen molar-refractivity contribution in [1.29, 1.82) is 0 Å². The zero-order valence-corrected chi connectivity index (χ0v) is 12.6. The van der Waals surface area contributed by atoms with E-state index in [-0.39, 0.29) is 5.91 Å². The summed E-state index contributed by atoms with van der Waals surface area (Å²) in [5.74, 6) is 0.484. The lowest BCUT2D eigenvalue weighted by Crippen LogP contribution is -2.27. The van der Waals surface area contributed by atoms with E-state index in [2.05, 4.69) is 15.3 Å². The van der Waals surface area contributed by atoms with Gasteiger partial charge in [-0.25, -0.2) is 4.98 Å². The van der Waals surface area contributed by atoms with Crippen LogP contribution in [-0.2, 0) is 6.54 Å². The van der Waals surface area contributed by atoms with E-state index in [1.165, 1.54) is 11.8 Å². The standard InChI is InChI=1S/C16H20N4O/c1-4-18-15-10-17-9-14(19-15)16(21)20(3)11-13-8-6-5-7-12(13)2/h5-10H,4,11H2,1-3H3,(H,18,19). The molecule has 1 amide bonds. The third kappa shape index (κ3) is 3.78. The van der Waals surface area contributed by atoms with Crippen molar-refractivity contribution in [3.63, 3.8) is 0 Å². The largest absolute Gasteiger partial charge is 0.369 e. The number of nitrogens with zero attached hydrogens (tertiary/aromatic N) is 3. The molecule has 0 saturated carbocycles. The second-order valence-corrected chi connectivity index (χ2v) is 4.91. The number of nitrogens with one attached hydrogen (secondary N) is 1. The van der Waals surface area contributed by atoms with Gasteiger partial charge in [0.1, 0.15) is 11.5 Å². The second-order valence-electron chi connectivity index (χ2n) is 4.91. The molecule has 1 N–H and O–H groups in total. The van der Waals surface area contributed by atoms with E-state index in [0.29, 0.717) is 18.1 Å². The van der Waals surface area contributed by atoms with Gasteiger partial charge in [0.25, 0.3) is 5.91 Å². The zero-order valence-electron chi connectivity index (χ0n) is 12.6. The quantitative estimate of drug-likeness (QED) is 0.916. The maximum atomic E-state index is 12.4. The predicted molar refractivity (Wildman–Crippen MR) is 83.2 cm³/mol. The minimum atomic E-state index is -0.134. The van der Waals surface area contributed by atoms with E-state index < -0.39 is 0 Å². The molecule has 0 radical (unpaired) electrons. The molecule has 0 aliphatic rings. The molecule has 0 fully saturated rings. The molecule has 21 heavy (non-hydrogen) atoms. The smallest absolute Gasteiger partial charge is 0.274 e. The minimum absolute atomic E-state index is 0.134. The van der Waals surface area contributed by atoms with Crippen LogP contribution in [0.3, 0.4) is 0 Å². The number of rotatable bonds is 5. The Kier molecular flexibility index (Phi) is 4.87. The summed E-state index contributed by atoms with van der Waals surface area (Å²) >= 11 is 0. The third-order valence-electron chi connectivity index (χ3n) is 3.23. The van der Waals surface area contributed by atoms with E-state index in [0.717, 1.165) is 12.1 Å². The van der Waals surface area contributed by atoms with Crippen LogP contribution in [0.4, 0.5) is 5.82 Å². The van der Waals surface area contributed by atoms with Crippen molar-refractivity contribution in [1.82, 2.24) is 14.9 Å². The molecule has 5 heteroatoms. The molecule has 1 heterocycles. The molecule has 110 valence electrons. The highest BCUT2D eigenvalue weighted by atomic mass is 16.2. The number of carbonyl (C=O) groups excluding carboxylic acids is 1. The van der Waals surface area contributed by atoms with Gasteiger partial charge in [-0.05, 0) is 25.0 Å². The molecule has 1 aromatic heterocycles. The number of carbonyl (C=O) groups is 1. The van der Waals surface area contributed by atoms with Crippen molar-refractivity contribution >= 4 is 11.7 Å². The molecule has 0 spiro atoms. The van der Waals surface area contributed by atoms with Crippen molar-refractivity contribution in [2.24, 2.45) is 0 Å². The average Bonchev–Trinajstić information content (AvgIpc) is 2.49. The summed E-state index contributed by atoms with van der Waals surface area (Å²) in [6.45, 7) is 5.31. The fraction of sp³-hybridized carbons (Fsp3) is 0.312. The molecule has 1 aromatic carbocycles. The van der Waals surface area contributed by atoms with Crippen molar-refractivity contribution in [3.8, 4) is 0 Å². The van der Waals surface area contributed by atoms with Crippen LogP contribution >= 0.6 is 0 Å². The highest BCUT2D eigenvalue weighted by molar-refractivity contribution is 5.92. The average molecular weight is 284 g/mol. The molecule has 0 unspecified atom stereocenters. The van der Waals surface area contributed by atoms with Crippen molar-refractivity contribution in [3.05, 3.63) is 53.5 Å². The molecule has 0 atom stereocenters. The Morgan fingerprint density at radius 1 is 1.29 bits per heavy atom. The summed E-state index contributed by atoms with van der Waals surface area (Å²) in [5, 5.41) is 3.06. The van der Waals surface area contributed by atoms with Crippen LogP contribution in [-0.4, -0.2) is 34.4 Å². The van der Waals surface area contributed by atoms with Crippen molar-refractivity contribution in [2.45, 2.75) is 20.4 Å². The van der Waals surface area contributed by atoms with E-state index in [4.69, 9.17) is 0 Å². The van der Waals surface area contributed by atoms with Crippen LogP contribution in [0.5, 0.6) is 0 Å². The Balaban J connectivity index is 2.12. The van der Waals surface area contributed by atoms with Gasteiger partial charge in [0.05, 0.1) is 12.4 Å². The van der Waals surface area contributed by atoms with Gasteiger partial charge >= 0.3 is 0 Å². The van der Waals surface area contributed by atoms with E-state index in [1.54, 1.807) is 18.1 Å². The molecule has 0 saturated heterocycles. The van der Waals surface area contributed by atoms with Crippen LogP contribution in [0.25, 0.3) is 0 Å². The molecule has 2 rings (SSSR count). The van der Waals surface area contributed by atoms with Gasteiger partial charge in [-0.2, -0.15) is 0 Å². The van der Waals surface area contributed by atoms with Crippen LogP contribution in [0, 0.1) is 6.92 Å². The van der Waals surface area contributed by atoms with E-state index in [1.807, 2.05) is 38.1 Å². The van der Waals surface area contributed by atoms with Crippen LogP contribution in [0.15, 0.2) is 36.7 Å². The maximum Gasteiger partial charge on any atom is 0.274 e. The van der Waals surface area contributed by atoms with Crippen LogP contribution in [0.2, 0.25) is 0 Å². The maximum absolute atomic E-state index is 12.4. The monoisotopic (exact) mass is 284 g/mol. The first-order valence-corrected chi connectivity index (χ1v) is 6.97. The fourth-order valence-corrected chi connectivity index (χ4v) is 2.05. The van der Waals surface area contributed by atoms with Gasteiger partial charge < -0.3 is 10.2 Å². The third-order valence-corrected chi connectivity index (χ3v) is 3.23. The van der Waals surface area contributed by atoms with Crippen LogP contribution < -0.4 is 5.32 Å². The Hall–Kier alpha value is -2.43. The lowest BCUT2D eigenvalue weighted by Gasteiger charge is -2.18. The number of aromatic nitrogens is 2. The SMILES string of the molecule is CCNc1cncc(C(=O)N(C)Cc2ccccc2C)n1. The molecular formula is C16H20N4O. The summed E-state index contributed by atoms with van der Waals surface area (Å²) in [7, 11) is 1.77. The first-order chi connectivity index (χ1) is 10.1. The number of aryl methyl sites for hydroxylation is 1. The molecule has 5 nitrogen and oxygen atoms in total. The Morgan fingerprint density at radius 3 is 2.76 bits per heavy atom. The molecular weight excluding hydrogens is 264 g/mol. The summed E-state index contributed by atoms with van der Waals surface area (Å²) < 4.78 is 0. The summed E-state index contributed by atoms with van der Waals surface area (Å²) in [5.41, 5.74) is 2.65. The second kappa shape index (κ2) is 6.83. The lowest BCUT2D eigenvalue weighted by atomic mass is 10.1. The van der Waals surface area contributed by atoms with Gasteiger partial charge in [0.2, 0.25) is 0 Å². The topological polar surface area (TPSA) is 58.1 Å². The summed E-state index contributed by atoms with van der Waals surface area (Å²) in [6, 6.07) is 8.04. The fourth-order valence-electron chi connectivity index (χ4n) is 2.05. The molecule has 0 aliphatic heterocycles. The summed E-state index contributed by atoms with van der Waals surface area (Å²) in [4.78, 5) is 22.4. The summed E-state index contributed by atoms with van der Waals surface area (Å²) in [6.07, 6.45) is 3.11. The van der Waals surface area contributed by atoms with Crippen LogP contribution in [0.1, 0.15) is 28.5 Å². The normalized spacial score (nSPS) is 10.2. The number of hydrogen-bond acceptors (Lipinski definition) is 4. The minimum Gasteiger partial charge on any atom is -0.369 e. The molecule has 0 bridgehead atoms. The number of hydrogen-bond donors (Lipinski definition) is 1. The van der Waals surface area contributed by atoms with Gasteiger partial charge in [-0.1, -0.05) is 24.3 Å². The Bertz CT molecular complexity index is 627. The lowest BCUT2D eigenvalue weighted by molar-refractivity contribution is 0.0779. The Morgan fingerprint density at radius 2 is 2.05 bits per heavy atom. The van der Waals surface area contributed by atoms with Gasteiger partial charge in [0.15, 0.2) is 0 Å². The number of benzene rings is 1. The first kappa shape index (κ1) is 15.0. The number of anilines is 1. The number of amides is 1. The highest BCUT2D eigenvalue weighted by Gasteiger charge is 2.15. The zero-order chi connectivity index (χ0) is 15.2. The first-order valence-electron chi connectivity index (χ1n) is 6.97. The Labute approximate surface area is 125 Å². The van der Waals surface area contributed by atoms with E-state index >= 15 is 0 Å². The van der Waals surface area contributed by atoms with Gasteiger partial charge in [0, 0.05) is 20.1 Å². The molecule has 0 aliphatic carbocycles. The predicted octanol–water partition coefficient (Wildman–Crippen LogP) is 2.49. The molecule has 2 aromatic rings. The highest BCUT2D eigenvalue weighted by Crippen LogP contribution is 2.11. The van der Waals surface area contributed by atoms with Gasteiger partial charge in [-0.15, -0.1) is 0 Å². The van der Waals surface area contributed by atoms with Crippen molar-refractivity contribution < 1.29 is 4.79 Å². The van der Waals surface area contributed by atoms with E-state index in [9.17, 15) is 4.79 Å². The van der Waals surface area contributed by atoms with Gasteiger partial charge in [-0.3, -0.25) is 9.78 Å².